The highest BCUT2D eigenvalue weighted by molar-refractivity contribution is 5.82. The van der Waals surface area contributed by atoms with Crippen LogP contribution in [0.2, 0.25) is 0 Å². The van der Waals surface area contributed by atoms with Gasteiger partial charge in [0, 0.05) is 39.6 Å². The number of hydrogen-bond donors (Lipinski definition) is 0. The van der Waals surface area contributed by atoms with Gasteiger partial charge in [-0.2, -0.15) is 0 Å². The second-order valence-electron chi connectivity index (χ2n) is 6.82. The average molecular weight is 400 g/mol. The van der Waals surface area contributed by atoms with E-state index in [1.54, 1.807) is 39.3 Å². The van der Waals surface area contributed by atoms with Crippen LogP contribution in [-0.2, 0) is 20.7 Å². The van der Waals surface area contributed by atoms with Gasteiger partial charge in [0.25, 0.3) is 0 Å². The minimum Gasteiger partial charge on any atom is -0.438 e. The van der Waals surface area contributed by atoms with E-state index >= 15 is 0 Å². The van der Waals surface area contributed by atoms with E-state index in [-0.39, 0.29) is 29.6 Å². The maximum atomic E-state index is 11.9. The number of hydrogen-bond acceptors (Lipinski definition) is 9. The molecule has 0 saturated heterocycles. The van der Waals surface area contributed by atoms with Crippen molar-refractivity contribution in [3.05, 3.63) is 29.7 Å². The molecule has 0 bridgehead atoms. The maximum Gasteiger partial charge on any atom is 0.409 e. The first kappa shape index (κ1) is 22.0. The Kier molecular flexibility index (Phi) is 7.81. The normalized spacial score (nSPS) is 11.6. The lowest BCUT2D eigenvalue weighted by molar-refractivity contribution is -0.119. The van der Waals surface area contributed by atoms with Gasteiger partial charge in [0.1, 0.15) is 17.3 Å². The third kappa shape index (κ3) is 6.98. The lowest BCUT2D eigenvalue weighted by atomic mass is 10.1. The summed E-state index contributed by atoms with van der Waals surface area (Å²) in [6.45, 7) is 3.14. The summed E-state index contributed by atoms with van der Waals surface area (Å²) < 4.78 is 5.15. The lowest BCUT2D eigenvalue weighted by Gasteiger charge is -2.15. The fraction of sp³-hybridized carbons (Fsp3) is 0.474. The quantitative estimate of drug-likeness (QED) is 0.620. The second kappa shape index (κ2) is 10.3. The largest absolute Gasteiger partial charge is 0.438 e. The van der Waals surface area contributed by atoms with Gasteiger partial charge >= 0.3 is 6.09 Å². The van der Waals surface area contributed by atoms with E-state index in [9.17, 15) is 14.4 Å². The molecule has 154 valence electrons. The zero-order chi connectivity index (χ0) is 21.4. The smallest absolute Gasteiger partial charge is 0.409 e. The first-order valence-corrected chi connectivity index (χ1v) is 9.18. The van der Waals surface area contributed by atoms with Crippen LogP contribution in [0.25, 0.3) is 11.5 Å². The molecule has 1 unspecified atom stereocenters. The van der Waals surface area contributed by atoms with Gasteiger partial charge in [0.05, 0.1) is 0 Å². The van der Waals surface area contributed by atoms with E-state index in [1.807, 2.05) is 0 Å². The molecule has 1 atom stereocenters. The summed E-state index contributed by atoms with van der Waals surface area (Å²) in [5.41, 5.74) is 1.23. The van der Waals surface area contributed by atoms with Gasteiger partial charge in [0.15, 0.2) is 6.10 Å². The molecule has 0 saturated carbocycles. The second-order valence-corrected chi connectivity index (χ2v) is 6.82. The van der Waals surface area contributed by atoms with Gasteiger partial charge in [-0.1, -0.05) is 6.07 Å². The summed E-state index contributed by atoms with van der Waals surface area (Å²) in [7, 11) is 3.15. The molecule has 0 aliphatic rings. The molecule has 0 spiro atoms. The monoisotopic (exact) mass is 400 g/mol. The van der Waals surface area contributed by atoms with E-state index in [0.29, 0.717) is 25.0 Å². The van der Waals surface area contributed by atoms with E-state index in [1.165, 1.54) is 11.8 Å². The molecule has 0 radical (unpaired) electrons. The zero-order valence-electron chi connectivity index (χ0n) is 17.0. The Labute approximate surface area is 168 Å². The molecule has 0 aliphatic carbocycles. The van der Waals surface area contributed by atoms with Gasteiger partial charge in [0.2, 0.25) is 11.6 Å². The fourth-order valence-corrected chi connectivity index (χ4v) is 2.32. The van der Waals surface area contributed by atoms with Crippen LogP contribution >= 0.6 is 0 Å². The van der Waals surface area contributed by atoms with E-state index in [4.69, 9.17) is 4.74 Å². The van der Waals surface area contributed by atoms with Crippen molar-refractivity contribution in [3.8, 4) is 11.5 Å². The number of ketones is 2. The molecule has 2 heterocycles. The molecule has 2 aromatic rings. The van der Waals surface area contributed by atoms with Crippen molar-refractivity contribution < 1.29 is 19.1 Å². The van der Waals surface area contributed by atoms with Crippen LogP contribution in [-0.4, -0.2) is 62.0 Å². The summed E-state index contributed by atoms with van der Waals surface area (Å²) in [5.74, 6) is 0.546. The molecule has 1 amide bonds. The topological polar surface area (TPSA) is 128 Å². The summed E-state index contributed by atoms with van der Waals surface area (Å²) in [4.78, 5) is 40.0. The Balaban J connectivity index is 1.95. The molecule has 10 nitrogen and oxygen atoms in total. The van der Waals surface area contributed by atoms with Crippen molar-refractivity contribution in [2.24, 2.45) is 0 Å². The number of rotatable bonds is 9. The Morgan fingerprint density at radius 1 is 1.07 bits per heavy atom. The highest BCUT2D eigenvalue weighted by atomic mass is 16.6. The van der Waals surface area contributed by atoms with Crippen molar-refractivity contribution in [2.45, 2.75) is 45.6 Å². The van der Waals surface area contributed by atoms with Gasteiger partial charge < -0.3 is 14.4 Å². The van der Waals surface area contributed by atoms with E-state index in [0.717, 1.165) is 5.56 Å². The minimum atomic E-state index is -0.691. The standard InChI is InChI=1S/C19H24N6O4/c1-12(26)6-5-7-15(27)10-14-8-9-16(20-11-14)18-23-21-17(22-24-18)13(2)29-19(28)25(3)4/h8-9,11,13H,5-7,10H2,1-4H3. The first-order valence-electron chi connectivity index (χ1n) is 9.18. The Morgan fingerprint density at radius 3 is 2.31 bits per heavy atom. The summed E-state index contributed by atoms with van der Waals surface area (Å²) >= 11 is 0. The van der Waals surface area contributed by atoms with Gasteiger partial charge in [-0.15, -0.1) is 20.4 Å². The molecule has 2 rings (SSSR count). The van der Waals surface area contributed by atoms with Crippen LogP contribution in [0.4, 0.5) is 4.79 Å². The van der Waals surface area contributed by atoms with Crippen LogP contribution in [0.3, 0.4) is 0 Å². The molecule has 10 heteroatoms. The number of carbonyl (C=O) groups excluding carboxylic acids is 3. The van der Waals surface area contributed by atoms with Crippen LogP contribution in [0.1, 0.15) is 50.6 Å². The summed E-state index contributed by atoms with van der Waals surface area (Å²) in [5, 5.41) is 15.9. The average Bonchev–Trinajstić information content (AvgIpc) is 2.68. The molecular formula is C19H24N6O4. The zero-order valence-corrected chi connectivity index (χ0v) is 17.0. The molecule has 0 aromatic carbocycles. The first-order chi connectivity index (χ1) is 13.8. The molecule has 2 aromatic heterocycles. The number of amides is 1. The predicted molar refractivity (Wildman–Crippen MR) is 103 cm³/mol. The lowest BCUT2D eigenvalue weighted by Crippen LogP contribution is -2.24. The van der Waals surface area contributed by atoms with Gasteiger partial charge in [-0.3, -0.25) is 9.78 Å². The summed E-state index contributed by atoms with van der Waals surface area (Å²) in [6.07, 6.45) is 1.99. The van der Waals surface area contributed by atoms with Crippen LogP contribution < -0.4 is 0 Å². The molecule has 29 heavy (non-hydrogen) atoms. The number of carbonyl (C=O) groups is 3. The minimum absolute atomic E-state index is 0.0611. The Hall–Kier alpha value is -3.30. The molecular weight excluding hydrogens is 376 g/mol. The van der Waals surface area contributed by atoms with Crippen LogP contribution in [0.5, 0.6) is 0 Å². The number of ether oxygens (including phenoxy) is 1. The van der Waals surface area contributed by atoms with Crippen LogP contribution in [0, 0.1) is 0 Å². The van der Waals surface area contributed by atoms with Gasteiger partial charge in [-0.05, 0) is 31.9 Å². The van der Waals surface area contributed by atoms with Crippen molar-refractivity contribution in [1.82, 2.24) is 30.3 Å². The maximum absolute atomic E-state index is 11.9. The third-order valence-corrected chi connectivity index (χ3v) is 3.94. The highest BCUT2D eigenvalue weighted by Gasteiger charge is 2.17. The number of aromatic nitrogens is 5. The van der Waals surface area contributed by atoms with E-state index < -0.39 is 12.2 Å². The predicted octanol–water partition coefficient (Wildman–Crippen LogP) is 1.96. The van der Waals surface area contributed by atoms with Crippen LogP contribution in [0.15, 0.2) is 18.3 Å². The number of pyridine rings is 1. The SMILES string of the molecule is CC(=O)CCCC(=O)Cc1ccc(-c2nnc(C(C)OC(=O)N(C)C)nn2)nc1. The number of nitrogens with zero attached hydrogens (tertiary/aromatic N) is 6. The number of Topliss-reactive ketones (excluding diaryl/α,β-unsaturated/α-hetero) is 2. The molecule has 0 N–H and O–H groups in total. The summed E-state index contributed by atoms with van der Waals surface area (Å²) in [6, 6.07) is 3.45. The van der Waals surface area contributed by atoms with Crippen molar-refractivity contribution in [3.63, 3.8) is 0 Å². The third-order valence-electron chi connectivity index (χ3n) is 3.94. The molecule has 0 aliphatic heterocycles. The molecule has 0 fully saturated rings. The van der Waals surface area contributed by atoms with Crippen molar-refractivity contribution in [1.29, 1.82) is 0 Å². The Bertz CT molecular complexity index is 852. The Morgan fingerprint density at radius 2 is 1.76 bits per heavy atom. The van der Waals surface area contributed by atoms with E-state index in [2.05, 4.69) is 25.4 Å². The van der Waals surface area contributed by atoms with Crippen molar-refractivity contribution in [2.75, 3.05) is 14.1 Å². The van der Waals surface area contributed by atoms with Crippen molar-refractivity contribution >= 4 is 17.7 Å². The van der Waals surface area contributed by atoms with Gasteiger partial charge in [-0.25, -0.2) is 4.79 Å². The highest BCUT2D eigenvalue weighted by Crippen LogP contribution is 2.15. The fourth-order valence-electron chi connectivity index (χ4n) is 2.32.